The van der Waals surface area contributed by atoms with Gasteiger partial charge in [-0.3, -0.25) is 9.59 Å². The van der Waals surface area contributed by atoms with Gasteiger partial charge >= 0.3 is 0 Å². The Balaban J connectivity index is 0.00000192. The van der Waals surface area contributed by atoms with Gasteiger partial charge in [-0.25, -0.2) is 0 Å². The molecule has 132 valence electrons. The third-order valence-electron chi connectivity index (χ3n) is 5.29. The molecule has 0 aromatic carbocycles. The lowest BCUT2D eigenvalue weighted by molar-refractivity contribution is -0.145. The van der Waals surface area contributed by atoms with Crippen LogP contribution < -0.4 is 5.73 Å². The predicted octanol–water partition coefficient (Wildman–Crippen LogP) is 0.777. The number of nitrogens with zero attached hydrogens (tertiary/aromatic N) is 2. The van der Waals surface area contributed by atoms with Crippen LogP contribution in [0.3, 0.4) is 0 Å². The second-order valence-corrected chi connectivity index (χ2v) is 6.89. The molecule has 0 aliphatic carbocycles. The van der Waals surface area contributed by atoms with Crippen LogP contribution in [0.2, 0.25) is 0 Å². The normalized spacial score (nSPS) is 27.4. The fourth-order valence-electron chi connectivity index (χ4n) is 3.82. The zero-order chi connectivity index (χ0) is 15.6. The van der Waals surface area contributed by atoms with E-state index in [1.54, 1.807) is 0 Å². The van der Waals surface area contributed by atoms with Crippen molar-refractivity contribution in [3.05, 3.63) is 0 Å². The summed E-state index contributed by atoms with van der Waals surface area (Å²) in [6.45, 7) is 4.11. The largest absolute Gasteiger partial charge is 0.381 e. The average molecular weight is 346 g/mol. The number of hydrogen-bond acceptors (Lipinski definition) is 4. The minimum atomic E-state index is -0.795. The lowest BCUT2D eigenvalue weighted by atomic mass is 9.87. The van der Waals surface area contributed by atoms with Gasteiger partial charge in [-0.15, -0.1) is 12.4 Å². The Bertz CT molecular complexity index is 434. The highest BCUT2D eigenvalue weighted by Gasteiger charge is 2.41. The van der Waals surface area contributed by atoms with Gasteiger partial charge in [-0.1, -0.05) is 0 Å². The summed E-state index contributed by atoms with van der Waals surface area (Å²) in [5.41, 5.74) is 5.52. The fourth-order valence-corrected chi connectivity index (χ4v) is 3.82. The van der Waals surface area contributed by atoms with Crippen LogP contribution in [-0.4, -0.2) is 66.5 Å². The van der Waals surface area contributed by atoms with Crippen LogP contribution in [0, 0.1) is 5.92 Å². The summed E-state index contributed by atoms with van der Waals surface area (Å²) in [5.74, 6) is 0.196. The number of carbonyl (C=O) groups is 2. The zero-order valence-corrected chi connectivity index (χ0v) is 14.5. The quantitative estimate of drug-likeness (QED) is 0.802. The van der Waals surface area contributed by atoms with Crippen LogP contribution in [0.15, 0.2) is 0 Å². The third kappa shape index (κ3) is 3.98. The Morgan fingerprint density at radius 1 is 1.00 bits per heavy atom. The molecule has 2 amide bonds. The van der Waals surface area contributed by atoms with Gasteiger partial charge in [0, 0.05) is 39.4 Å². The van der Waals surface area contributed by atoms with Crippen LogP contribution in [-0.2, 0) is 14.3 Å². The van der Waals surface area contributed by atoms with E-state index >= 15 is 0 Å². The van der Waals surface area contributed by atoms with E-state index in [9.17, 15) is 9.59 Å². The van der Waals surface area contributed by atoms with E-state index in [0.717, 1.165) is 45.3 Å². The maximum absolute atomic E-state index is 12.8. The number of nitrogens with two attached hydrogens (primary N) is 1. The number of ether oxygens (including phenoxy) is 1. The van der Waals surface area contributed by atoms with Crippen LogP contribution in [0.1, 0.15) is 38.5 Å². The molecule has 0 aromatic heterocycles. The molecule has 3 aliphatic rings. The second-order valence-electron chi connectivity index (χ2n) is 6.89. The predicted molar refractivity (Wildman–Crippen MR) is 89.3 cm³/mol. The van der Waals surface area contributed by atoms with E-state index in [1.165, 1.54) is 0 Å². The highest BCUT2D eigenvalue weighted by Crippen LogP contribution is 2.26. The number of amides is 2. The van der Waals surface area contributed by atoms with Crippen LogP contribution >= 0.6 is 12.4 Å². The van der Waals surface area contributed by atoms with Crippen molar-refractivity contribution >= 4 is 24.2 Å². The van der Waals surface area contributed by atoms with Crippen molar-refractivity contribution in [2.75, 3.05) is 39.4 Å². The molecule has 0 aromatic rings. The van der Waals surface area contributed by atoms with Gasteiger partial charge in [-0.05, 0) is 38.5 Å². The highest BCUT2D eigenvalue weighted by atomic mass is 35.5. The first kappa shape index (κ1) is 18.5. The molecule has 6 nitrogen and oxygen atoms in total. The summed E-state index contributed by atoms with van der Waals surface area (Å²) in [7, 11) is 0. The number of halogens is 1. The average Bonchev–Trinajstić information content (AvgIpc) is 3.09. The summed E-state index contributed by atoms with van der Waals surface area (Å²) in [6, 6.07) is 0. The first-order valence-electron chi connectivity index (χ1n) is 8.55. The summed E-state index contributed by atoms with van der Waals surface area (Å²) < 4.78 is 5.32. The molecule has 3 rings (SSSR count). The van der Waals surface area contributed by atoms with Crippen molar-refractivity contribution in [1.82, 2.24) is 9.80 Å². The minimum absolute atomic E-state index is 0. The summed E-state index contributed by atoms with van der Waals surface area (Å²) in [5, 5.41) is 0. The molecule has 0 saturated carbocycles. The molecule has 7 heteroatoms. The smallest absolute Gasteiger partial charge is 0.242 e. The molecular weight excluding hydrogens is 318 g/mol. The van der Waals surface area contributed by atoms with Gasteiger partial charge < -0.3 is 20.3 Å². The van der Waals surface area contributed by atoms with E-state index in [1.807, 2.05) is 9.80 Å². The lowest BCUT2D eigenvalue weighted by Gasteiger charge is -2.40. The number of rotatable bonds is 2. The summed E-state index contributed by atoms with van der Waals surface area (Å²) in [6.07, 6.45) is 5.14. The van der Waals surface area contributed by atoms with Gasteiger partial charge in [0.2, 0.25) is 11.8 Å². The number of piperidine rings is 1. The van der Waals surface area contributed by atoms with E-state index in [4.69, 9.17) is 10.5 Å². The molecule has 3 saturated heterocycles. The maximum atomic E-state index is 12.8. The minimum Gasteiger partial charge on any atom is -0.381 e. The molecule has 2 N–H and O–H groups in total. The Morgan fingerprint density at radius 2 is 1.61 bits per heavy atom. The molecular formula is C16H28ClN3O3. The van der Waals surface area contributed by atoms with Crippen LogP contribution in [0.5, 0.6) is 0 Å². The first-order valence-corrected chi connectivity index (χ1v) is 8.55. The van der Waals surface area contributed by atoms with Crippen molar-refractivity contribution < 1.29 is 14.3 Å². The topological polar surface area (TPSA) is 75.9 Å². The van der Waals surface area contributed by atoms with Crippen molar-refractivity contribution in [2.45, 2.75) is 44.1 Å². The van der Waals surface area contributed by atoms with Crippen molar-refractivity contribution in [3.63, 3.8) is 0 Å². The van der Waals surface area contributed by atoms with Gasteiger partial charge in [0.25, 0.3) is 0 Å². The second kappa shape index (κ2) is 7.81. The Hall–Kier alpha value is -0.850. The van der Waals surface area contributed by atoms with Gasteiger partial charge in [0.05, 0.1) is 11.5 Å². The van der Waals surface area contributed by atoms with Gasteiger partial charge in [0.15, 0.2) is 0 Å². The van der Waals surface area contributed by atoms with E-state index < -0.39 is 5.54 Å². The van der Waals surface area contributed by atoms with Crippen molar-refractivity contribution in [1.29, 1.82) is 0 Å². The number of likely N-dealkylation sites (tertiary alicyclic amines) is 2. The zero-order valence-electron chi connectivity index (χ0n) is 13.7. The van der Waals surface area contributed by atoms with E-state index in [0.29, 0.717) is 32.6 Å². The molecule has 3 fully saturated rings. The van der Waals surface area contributed by atoms with Crippen LogP contribution in [0.25, 0.3) is 0 Å². The maximum Gasteiger partial charge on any atom is 0.242 e. The summed E-state index contributed by atoms with van der Waals surface area (Å²) in [4.78, 5) is 29.1. The third-order valence-corrected chi connectivity index (χ3v) is 5.29. The molecule has 23 heavy (non-hydrogen) atoms. The monoisotopic (exact) mass is 345 g/mol. The van der Waals surface area contributed by atoms with Crippen LogP contribution in [0.4, 0.5) is 0 Å². The van der Waals surface area contributed by atoms with Gasteiger partial charge in [-0.2, -0.15) is 0 Å². The molecule has 3 heterocycles. The molecule has 0 radical (unpaired) electrons. The van der Waals surface area contributed by atoms with E-state index in [2.05, 4.69) is 0 Å². The molecule has 0 bridgehead atoms. The van der Waals surface area contributed by atoms with E-state index in [-0.39, 0.29) is 30.1 Å². The van der Waals surface area contributed by atoms with Gasteiger partial charge in [0.1, 0.15) is 0 Å². The standard InChI is InChI=1S/C16H27N3O3.ClH/c17-16(5-10-22-11-6-16)15(21)19-9-3-4-13(12-19)14(20)18-7-1-2-8-18;/h13H,1-12,17H2;1H. The fraction of sp³-hybridized carbons (Fsp3) is 0.875. The summed E-state index contributed by atoms with van der Waals surface area (Å²) >= 11 is 0. The molecule has 3 aliphatic heterocycles. The lowest BCUT2D eigenvalue weighted by Crippen LogP contribution is -2.60. The Kier molecular flexibility index (Phi) is 6.28. The number of carbonyl (C=O) groups excluding carboxylic acids is 2. The number of hydrogen-bond donors (Lipinski definition) is 1. The van der Waals surface area contributed by atoms with Crippen molar-refractivity contribution in [2.24, 2.45) is 11.7 Å². The Labute approximate surface area is 144 Å². The SMILES string of the molecule is Cl.NC1(C(=O)N2CCCC(C(=O)N3CCCC3)C2)CCOCC1. The molecule has 1 atom stereocenters. The molecule has 1 unspecified atom stereocenters. The van der Waals surface area contributed by atoms with Crippen molar-refractivity contribution in [3.8, 4) is 0 Å². The highest BCUT2D eigenvalue weighted by molar-refractivity contribution is 5.87. The Morgan fingerprint density at radius 3 is 2.26 bits per heavy atom. The molecule has 0 spiro atoms. The first-order chi connectivity index (χ1) is 10.6.